The van der Waals surface area contributed by atoms with Crippen molar-refractivity contribution in [3.8, 4) is 5.75 Å². The van der Waals surface area contributed by atoms with Crippen molar-refractivity contribution < 1.29 is 13.9 Å². The average molecular weight is 348 g/mol. The quantitative estimate of drug-likeness (QED) is 0.703. The standard InChI is InChI=1S/C16H13FN2O2S2/c1-22-12-7-4-8-13-15(12)19-16(23-13)18-14(20)9-21-11-6-3-2-5-10(11)17/h2-8H,9H2,1H3,(H,18,19,20). The minimum absolute atomic E-state index is 0.0524. The Morgan fingerprint density at radius 1 is 1.30 bits per heavy atom. The van der Waals surface area contributed by atoms with Crippen molar-refractivity contribution in [2.45, 2.75) is 4.90 Å². The number of nitrogens with one attached hydrogen (secondary N) is 1. The molecule has 0 aliphatic heterocycles. The Kier molecular flexibility index (Phi) is 4.78. The van der Waals surface area contributed by atoms with Crippen LogP contribution in [0.25, 0.3) is 10.2 Å². The van der Waals surface area contributed by atoms with Crippen LogP contribution in [0.1, 0.15) is 0 Å². The first-order chi connectivity index (χ1) is 11.2. The Hall–Kier alpha value is -2.12. The van der Waals surface area contributed by atoms with Gasteiger partial charge in [0.2, 0.25) is 0 Å². The highest BCUT2D eigenvalue weighted by molar-refractivity contribution is 7.98. The molecule has 23 heavy (non-hydrogen) atoms. The fraction of sp³-hybridized carbons (Fsp3) is 0.125. The minimum Gasteiger partial charge on any atom is -0.481 e. The minimum atomic E-state index is -0.495. The van der Waals surface area contributed by atoms with Gasteiger partial charge in [-0.25, -0.2) is 9.37 Å². The number of thioether (sulfide) groups is 1. The fourth-order valence-electron chi connectivity index (χ4n) is 2.00. The number of fused-ring (bicyclic) bond motifs is 1. The van der Waals surface area contributed by atoms with Crippen LogP contribution in [0.2, 0.25) is 0 Å². The lowest BCUT2D eigenvalue weighted by Crippen LogP contribution is -2.20. The highest BCUT2D eigenvalue weighted by Crippen LogP contribution is 2.32. The van der Waals surface area contributed by atoms with E-state index in [2.05, 4.69) is 10.3 Å². The smallest absolute Gasteiger partial charge is 0.264 e. The van der Waals surface area contributed by atoms with E-state index in [4.69, 9.17) is 4.74 Å². The van der Waals surface area contributed by atoms with Crippen LogP contribution < -0.4 is 10.1 Å². The van der Waals surface area contributed by atoms with E-state index in [1.807, 2.05) is 24.5 Å². The number of hydrogen-bond acceptors (Lipinski definition) is 5. The SMILES string of the molecule is CSc1cccc2sc(NC(=O)COc3ccccc3F)nc12. The van der Waals surface area contributed by atoms with Crippen LogP contribution in [-0.4, -0.2) is 23.8 Å². The van der Waals surface area contributed by atoms with E-state index in [-0.39, 0.29) is 18.3 Å². The van der Waals surface area contributed by atoms with E-state index in [0.717, 1.165) is 15.1 Å². The first kappa shape index (κ1) is 15.8. The second-order valence-corrected chi connectivity index (χ2v) is 6.47. The lowest BCUT2D eigenvalue weighted by Gasteiger charge is -2.06. The van der Waals surface area contributed by atoms with E-state index in [1.54, 1.807) is 23.9 Å². The third-order valence-corrected chi connectivity index (χ3v) is 4.75. The molecule has 3 aromatic rings. The molecule has 4 nitrogen and oxygen atoms in total. The number of benzene rings is 2. The van der Waals surface area contributed by atoms with E-state index >= 15 is 0 Å². The molecule has 118 valence electrons. The number of ether oxygens (including phenoxy) is 1. The Morgan fingerprint density at radius 3 is 2.91 bits per heavy atom. The lowest BCUT2D eigenvalue weighted by molar-refractivity contribution is -0.118. The highest BCUT2D eigenvalue weighted by Gasteiger charge is 2.11. The molecular weight excluding hydrogens is 335 g/mol. The normalized spacial score (nSPS) is 10.7. The summed E-state index contributed by atoms with van der Waals surface area (Å²) in [4.78, 5) is 17.4. The van der Waals surface area contributed by atoms with Gasteiger partial charge in [-0.1, -0.05) is 29.5 Å². The summed E-state index contributed by atoms with van der Waals surface area (Å²) in [6, 6.07) is 11.9. The van der Waals surface area contributed by atoms with Crippen LogP contribution in [0, 0.1) is 5.82 Å². The molecule has 7 heteroatoms. The third-order valence-electron chi connectivity index (χ3n) is 3.04. The van der Waals surface area contributed by atoms with Gasteiger partial charge in [0, 0.05) is 4.90 Å². The molecule has 0 aliphatic carbocycles. The first-order valence-electron chi connectivity index (χ1n) is 6.78. The van der Waals surface area contributed by atoms with Crippen LogP contribution in [0.3, 0.4) is 0 Å². The van der Waals surface area contributed by atoms with Gasteiger partial charge in [-0.15, -0.1) is 11.8 Å². The molecule has 0 fully saturated rings. The molecule has 0 unspecified atom stereocenters. The number of carbonyl (C=O) groups is 1. The summed E-state index contributed by atoms with van der Waals surface area (Å²) < 4.78 is 19.6. The van der Waals surface area contributed by atoms with Gasteiger partial charge in [0.1, 0.15) is 0 Å². The number of para-hydroxylation sites is 2. The molecule has 3 rings (SSSR count). The van der Waals surface area contributed by atoms with Crippen molar-refractivity contribution in [1.82, 2.24) is 4.98 Å². The largest absolute Gasteiger partial charge is 0.481 e. The molecule has 0 bridgehead atoms. The van der Waals surface area contributed by atoms with Gasteiger partial charge < -0.3 is 4.74 Å². The van der Waals surface area contributed by atoms with E-state index in [9.17, 15) is 9.18 Å². The van der Waals surface area contributed by atoms with Crippen molar-refractivity contribution in [3.05, 3.63) is 48.3 Å². The monoisotopic (exact) mass is 348 g/mol. The summed E-state index contributed by atoms with van der Waals surface area (Å²) in [6.45, 7) is -0.272. The zero-order valence-electron chi connectivity index (χ0n) is 12.2. The molecule has 0 spiro atoms. The number of thiazole rings is 1. The summed E-state index contributed by atoms with van der Waals surface area (Å²) in [5.74, 6) is -0.820. The molecule has 1 aromatic heterocycles. The number of anilines is 1. The molecule has 0 saturated carbocycles. The first-order valence-corrected chi connectivity index (χ1v) is 8.82. The van der Waals surface area contributed by atoms with Crippen molar-refractivity contribution in [2.75, 3.05) is 18.2 Å². The summed E-state index contributed by atoms with van der Waals surface area (Å²) in [5, 5.41) is 3.19. The van der Waals surface area contributed by atoms with Crippen LogP contribution >= 0.6 is 23.1 Å². The Bertz CT molecular complexity index is 851. The number of rotatable bonds is 5. The van der Waals surface area contributed by atoms with Crippen molar-refractivity contribution >= 4 is 44.4 Å². The average Bonchev–Trinajstić information content (AvgIpc) is 2.96. The molecule has 1 amide bonds. The Labute approximate surface area is 140 Å². The maximum absolute atomic E-state index is 13.4. The van der Waals surface area contributed by atoms with E-state index < -0.39 is 5.82 Å². The number of nitrogens with zero attached hydrogens (tertiary/aromatic N) is 1. The Morgan fingerprint density at radius 2 is 2.13 bits per heavy atom. The maximum Gasteiger partial charge on any atom is 0.264 e. The van der Waals surface area contributed by atoms with Gasteiger partial charge in [0.25, 0.3) is 5.91 Å². The number of aromatic nitrogens is 1. The van der Waals surface area contributed by atoms with Gasteiger partial charge in [0.15, 0.2) is 23.3 Å². The topological polar surface area (TPSA) is 51.2 Å². The van der Waals surface area contributed by atoms with Gasteiger partial charge in [-0.2, -0.15) is 0 Å². The zero-order valence-corrected chi connectivity index (χ0v) is 13.8. The summed E-state index contributed by atoms with van der Waals surface area (Å²) >= 11 is 3.00. The van der Waals surface area contributed by atoms with Crippen molar-refractivity contribution in [3.63, 3.8) is 0 Å². The van der Waals surface area contributed by atoms with Gasteiger partial charge in [0.05, 0.1) is 10.2 Å². The number of halogens is 1. The molecule has 0 saturated heterocycles. The second-order valence-electron chi connectivity index (χ2n) is 4.59. The molecule has 1 N–H and O–H groups in total. The van der Waals surface area contributed by atoms with Crippen LogP contribution in [-0.2, 0) is 4.79 Å². The highest BCUT2D eigenvalue weighted by atomic mass is 32.2. The van der Waals surface area contributed by atoms with Crippen molar-refractivity contribution in [2.24, 2.45) is 0 Å². The van der Waals surface area contributed by atoms with E-state index in [1.165, 1.54) is 23.5 Å². The predicted molar refractivity (Wildman–Crippen MR) is 91.9 cm³/mol. The number of amides is 1. The molecule has 0 aliphatic rings. The third kappa shape index (κ3) is 3.62. The molecule has 0 atom stereocenters. The molecule has 0 radical (unpaired) electrons. The summed E-state index contributed by atoms with van der Waals surface area (Å²) in [6.07, 6.45) is 1.98. The van der Waals surface area contributed by atoms with Crippen molar-refractivity contribution in [1.29, 1.82) is 0 Å². The molecule has 1 heterocycles. The fourth-order valence-corrected chi connectivity index (χ4v) is 3.54. The summed E-state index contributed by atoms with van der Waals surface area (Å²) in [7, 11) is 0. The Balaban J connectivity index is 1.67. The zero-order chi connectivity index (χ0) is 16.2. The lowest BCUT2D eigenvalue weighted by atomic mass is 10.3. The van der Waals surface area contributed by atoms with Crippen LogP contribution in [0.4, 0.5) is 9.52 Å². The van der Waals surface area contributed by atoms with Gasteiger partial charge >= 0.3 is 0 Å². The number of hydrogen-bond donors (Lipinski definition) is 1. The van der Waals surface area contributed by atoms with Gasteiger partial charge in [-0.05, 0) is 30.5 Å². The maximum atomic E-state index is 13.4. The summed E-state index contributed by atoms with van der Waals surface area (Å²) in [5.41, 5.74) is 0.871. The van der Waals surface area contributed by atoms with Crippen LogP contribution in [0.15, 0.2) is 47.4 Å². The van der Waals surface area contributed by atoms with Crippen LogP contribution in [0.5, 0.6) is 5.75 Å². The second kappa shape index (κ2) is 6.97. The van der Waals surface area contributed by atoms with E-state index in [0.29, 0.717) is 5.13 Å². The molecular formula is C16H13FN2O2S2. The molecule has 2 aromatic carbocycles. The number of carbonyl (C=O) groups excluding carboxylic acids is 1. The van der Waals surface area contributed by atoms with Gasteiger partial charge in [-0.3, -0.25) is 10.1 Å². The predicted octanol–water partition coefficient (Wildman–Crippen LogP) is 4.17.